The van der Waals surface area contributed by atoms with Crippen LogP contribution in [-0.4, -0.2) is 15.2 Å². The zero-order chi connectivity index (χ0) is 9.26. The number of nitrogens with one attached hydrogen (secondary N) is 2. The highest BCUT2D eigenvalue weighted by Crippen LogP contribution is 2.25. The topological polar surface area (TPSA) is 44.9 Å². The van der Waals surface area contributed by atoms with Crippen molar-refractivity contribution >= 4 is 40.3 Å². The van der Waals surface area contributed by atoms with E-state index in [1.165, 1.54) is 11.8 Å². The highest BCUT2D eigenvalue weighted by atomic mass is 32.2. The van der Waals surface area contributed by atoms with E-state index in [2.05, 4.69) is 10.3 Å². The summed E-state index contributed by atoms with van der Waals surface area (Å²) < 4.78 is 0.516. The van der Waals surface area contributed by atoms with Crippen LogP contribution in [0.4, 0.5) is 0 Å². The fourth-order valence-corrected chi connectivity index (χ4v) is 2.03. The number of thiocarbonyl (C=S) groups is 1. The van der Waals surface area contributed by atoms with Gasteiger partial charge < -0.3 is 10.3 Å². The molecule has 1 aliphatic heterocycles. The predicted molar refractivity (Wildman–Crippen MR) is 57.1 cm³/mol. The Hall–Kier alpha value is -1.07. The Labute approximate surface area is 84.6 Å². The molecule has 5 heteroatoms. The first-order chi connectivity index (χ1) is 6.25. The molecule has 0 aliphatic carbocycles. The number of aromatic nitrogens is 1. The van der Waals surface area contributed by atoms with E-state index in [1.807, 2.05) is 18.3 Å². The number of hydrogen-bond donors (Lipinski definition) is 2. The lowest BCUT2D eigenvalue weighted by Gasteiger charge is -1.88. The molecule has 0 unspecified atom stereocenters. The number of carbonyl (C=O) groups excluding carboxylic acids is 1. The summed E-state index contributed by atoms with van der Waals surface area (Å²) in [6.45, 7) is 0. The van der Waals surface area contributed by atoms with Crippen LogP contribution < -0.4 is 5.32 Å². The van der Waals surface area contributed by atoms with Gasteiger partial charge >= 0.3 is 0 Å². The van der Waals surface area contributed by atoms with Crippen molar-refractivity contribution < 1.29 is 4.79 Å². The molecular weight excluding hydrogens is 204 g/mol. The van der Waals surface area contributed by atoms with Gasteiger partial charge in [0.2, 0.25) is 0 Å². The van der Waals surface area contributed by atoms with Gasteiger partial charge in [0.15, 0.2) is 0 Å². The quantitative estimate of drug-likeness (QED) is 0.545. The summed E-state index contributed by atoms with van der Waals surface area (Å²) in [6.07, 6.45) is 3.58. The molecule has 1 aliphatic rings. The van der Waals surface area contributed by atoms with E-state index in [-0.39, 0.29) is 5.91 Å². The molecule has 0 spiro atoms. The smallest absolute Gasteiger partial charge is 0.263 e. The predicted octanol–water partition coefficient (Wildman–Crippen LogP) is 1.50. The first-order valence-corrected chi connectivity index (χ1v) is 4.86. The van der Waals surface area contributed by atoms with Crippen LogP contribution in [0.5, 0.6) is 0 Å². The maximum absolute atomic E-state index is 11.2. The molecule has 2 rings (SSSR count). The molecule has 1 amide bonds. The van der Waals surface area contributed by atoms with Gasteiger partial charge in [0.1, 0.15) is 4.32 Å². The molecule has 1 fully saturated rings. The van der Waals surface area contributed by atoms with Crippen molar-refractivity contribution in [2.24, 2.45) is 0 Å². The summed E-state index contributed by atoms with van der Waals surface area (Å²) in [5.41, 5.74) is 0.905. The van der Waals surface area contributed by atoms with Crippen molar-refractivity contribution in [2.75, 3.05) is 0 Å². The lowest BCUT2D eigenvalue weighted by Crippen LogP contribution is -2.17. The van der Waals surface area contributed by atoms with Crippen LogP contribution in [0.2, 0.25) is 0 Å². The Kier molecular flexibility index (Phi) is 2.20. The van der Waals surface area contributed by atoms with Crippen molar-refractivity contribution in [3.05, 3.63) is 28.9 Å². The summed E-state index contributed by atoms with van der Waals surface area (Å²) in [5, 5.41) is 2.55. The molecule has 0 aromatic carbocycles. The van der Waals surface area contributed by atoms with Crippen molar-refractivity contribution in [2.45, 2.75) is 0 Å². The molecule has 1 aromatic rings. The van der Waals surface area contributed by atoms with E-state index in [9.17, 15) is 4.79 Å². The Morgan fingerprint density at radius 1 is 1.54 bits per heavy atom. The van der Waals surface area contributed by atoms with Gasteiger partial charge in [-0.15, -0.1) is 0 Å². The maximum atomic E-state index is 11.2. The second-order valence-corrected chi connectivity index (χ2v) is 4.20. The van der Waals surface area contributed by atoms with E-state index in [0.717, 1.165) is 5.69 Å². The van der Waals surface area contributed by atoms with Crippen LogP contribution in [0.1, 0.15) is 5.69 Å². The van der Waals surface area contributed by atoms with E-state index in [1.54, 1.807) is 6.08 Å². The number of H-pyrrole nitrogens is 1. The van der Waals surface area contributed by atoms with Gasteiger partial charge in [-0.25, -0.2) is 0 Å². The van der Waals surface area contributed by atoms with Gasteiger partial charge in [-0.1, -0.05) is 24.0 Å². The standard InChI is InChI=1S/C8H6N2OS2/c11-7-6(13-8(12)10-7)4-5-2-1-3-9-5/h1-4,9H,(H,10,11,12)/b6-4+. The number of rotatable bonds is 1. The van der Waals surface area contributed by atoms with Crippen LogP contribution in [0.3, 0.4) is 0 Å². The zero-order valence-corrected chi connectivity index (χ0v) is 8.17. The first kappa shape index (κ1) is 8.52. The molecule has 13 heavy (non-hydrogen) atoms. The molecule has 1 aromatic heterocycles. The second kappa shape index (κ2) is 3.35. The van der Waals surface area contributed by atoms with E-state index in [0.29, 0.717) is 9.23 Å². The molecule has 0 bridgehead atoms. The highest BCUT2D eigenvalue weighted by Gasteiger charge is 2.21. The normalized spacial score (nSPS) is 19.5. The Balaban J connectivity index is 2.27. The lowest BCUT2D eigenvalue weighted by atomic mass is 10.3. The SMILES string of the molecule is O=C1NC(=S)S/C1=C/c1ccc[nH]1. The monoisotopic (exact) mass is 210 g/mol. The minimum absolute atomic E-state index is 0.121. The van der Waals surface area contributed by atoms with Gasteiger partial charge in [0.25, 0.3) is 5.91 Å². The van der Waals surface area contributed by atoms with Gasteiger partial charge in [-0.3, -0.25) is 4.79 Å². The van der Waals surface area contributed by atoms with Gasteiger partial charge in [-0.2, -0.15) is 0 Å². The number of thioether (sulfide) groups is 1. The average Bonchev–Trinajstić information content (AvgIpc) is 2.63. The molecule has 2 N–H and O–H groups in total. The Morgan fingerprint density at radius 2 is 2.38 bits per heavy atom. The number of amides is 1. The van der Waals surface area contributed by atoms with Gasteiger partial charge in [-0.05, 0) is 18.2 Å². The molecule has 0 atom stereocenters. The van der Waals surface area contributed by atoms with Crippen molar-refractivity contribution in [1.82, 2.24) is 10.3 Å². The molecule has 0 saturated carbocycles. The summed E-state index contributed by atoms with van der Waals surface area (Å²) in [5.74, 6) is -0.121. The fraction of sp³-hybridized carbons (Fsp3) is 0. The molecular formula is C8H6N2OS2. The van der Waals surface area contributed by atoms with Crippen LogP contribution in [0.15, 0.2) is 23.2 Å². The molecule has 3 nitrogen and oxygen atoms in total. The summed E-state index contributed by atoms with van der Waals surface area (Å²) in [7, 11) is 0. The van der Waals surface area contributed by atoms with Crippen molar-refractivity contribution in [1.29, 1.82) is 0 Å². The minimum atomic E-state index is -0.121. The van der Waals surface area contributed by atoms with Crippen LogP contribution in [0.25, 0.3) is 6.08 Å². The lowest BCUT2D eigenvalue weighted by molar-refractivity contribution is -0.115. The van der Waals surface area contributed by atoms with Crippen LogP contribution >= 0.6 is 24.0 Å². The molecule has 1 saturated heterocycles. The molecule has 66 valence electrons. The van der Waals surface area contributed by atoms with Crippen LogP contribution in [0, 0.1) is 0 Å². The molecule has 2 heterocycles. The first-order valence-electron chi connectivity index (χ1n) is 3.64. The minimum Gasteiger partial charge on any atom is -0.362 e. The third kappa shape index (κ3) is 1.81. The zero-order valence-electron chi connectivity index (χ0n) is 6.53. The van der Waals surface area contributed by atoms with Gasteiger partial charge in [0.05, 0.1) is 4.91 Å². The number of carbonyl (C=O) groups is 1. The third-order valence-corrected chi connectivity index (χ3v) is 2.71. The van der Waals surface area contributed by atoms with E-state index >= 15 is 0 Å². The largest absolute Gasteiger partial charge is 0.362 e. The van der Waals surface area contributed by atoms with Gasteiger partial charge in [0, 0.05) is 11.9 Å². The van der Waals surface area contributed by atoms with Crippen LogP contribution in [-0.2, 0) is 4.79 Å². The Morgan fingerprint density at radius 3 is 2.92 bits per heavy atom. The fourth-order valence-electron chi connectivity index (χ4n) is 0.996. The third-order valence-electron chi connectivity index (χ3n) is 1.55. The van der Waals surface area contributed by atoms with Crippen molar-refractivity contribution in [3.63, 3.8) is 0 Å². The number of hydrogen-bond acceptors (Lipinski definition) is 3. The summed E-state index contributed by atoms with van der Waals surface area (Å²) >= 11 is 6.13. The van der Waals surface area contributed by atoms with E-state index < -0.39 is 0 Å². The highest BCUT2D eigenvalue weighted by molar-refractivity contribution is 8.26. The average molecular weight is 210 g/mol. The number of aromatic amines is 1. The second-order valence-electron chi connectivity index (χ2n) is 2.48. The van der Waals surface area contributed by atoms with E-state index in [4.69, 9.17) is 12.2 Å². The summed E-state index contributed by atoms with van der Waals surface area (Å²) in [4.78, 5) is 14.8. The Bertz CT molecular complexity index is 381. The molecule has 0 radical (unpaired) electrons. The van der Waals surface area contributed by atoms with Crippen molar-refractivity contribution in [3.8, 4) is 0 Å². The summed E-state index contributed by atoms with van der Waals surface area (Å²) in [6, 6.07) is 3.77. The maximum Gasteiger partial charge on any atom is 0.263 e.